The Morgan fingerprint density at radius 2 is 1.82 bits per heavy atom. The number of hydrogen-bond donors (Lipinski definition) is 2. The van der Waals surface area contributed by atoms with Gasteiger partial charge in [0.05, 0.1) is 12.1 Å². The molecule has 0 spiro atoms. The second kappa shape index (κ2) is 8.74. The van der Waals surface area contributed by atoms with Gasteiger partial charge in [0.1, 0.15) is 5.56 Å². The van der Waals surface area contributed by atoms with Gasteiger partial charge in [-0.3, -0.25) is 14.4 Å². The number of aromatic amines is 1. The first-order chi connectivity index (χ1) is 15.8. The summed E-state index contributed by atoms with van der Waals surface area (Å²) in [5, 5.41) is 3.48. The topological polar surface area (TPSA) is 110 Å². The number of hydrogen-bond acceptors (Lipinski definition) is 5. The highest BCUT2D eigenvalue weighted by molar-refractivity contribution is 6.07. The van der Waals surface area contributed by atoms with Crippen molar-refractivity contribution in [2.75, 3.05) is 11.9 Å². The summed E-state index contributed by atoms with van der Waals surface area (Å²) in [6.07, 6.45) is 1.50. The third kappa shape index (κ3) is 4.15. The maximum absolute atomic E-state index is 13.0. The third-order valence-corrected chi connectivity index (χ3v) is 5.40. The molecule has 0 bridgehead atoms. The largest absolute Gasteiger partial charge is 0.462 e. The number of esters is 1. The van der Waals surface area contributed by atoms with E-state index in [-0.39, 0.29) is 17.6 Å². The van der Waals surface area contributed by atoms with Crippen LogP contribution < -0.4 is 16.2 Å². The van der Waals surface area contributed by atoms with Crippen molar-refractivity contribution in [3.8, 4) is 0 Å². The van der Waals surface area contributed by atoms with Crippen LogP contribution in [0.25, 0.3) is 21.8 Å². The summed E-state index contributed by atoms with van der Waals surface area (Å²) in [4.78, 5) is 53.5. The molecule has 4 aromatic rings. The predicted molar refractivity (Wildman–Crippen MR) is 127 cm³/mol. The van der Waals surface area contributed by atoms with Gasteiger partial charge < -0.3 is 19.6 Å². The Kier molecular flexibility index (Phi) is 5.83. The second-order valence-corrected chi connectivity index (χ2v) is 7.64. The molecule has 1 amide bonds. The zero-order valence-electron chi connectivity index (χ0n) is 18.5. The normalized spacial score (nSPS) is 11.0. The first-order valence-electron chi connectivity index (χ1n) is 10.6. The molecular weight excluding hydrogens is 422 g/mol. The number of ether oxygens (including phenoxy) is 1. The number of amides is 1. The van der Waals surface area contributed by atoms with Crippen LogP contribution in [0.5, 0.6) is 0 Å². The van der Waals surface area contributed by atoms with Crippen molar-refractivity contribution in [1.82, 2.24) is 9.55 Å². The van der Waals surface area contributed by atoms with E-state index in [2.05, 4.69) is 10.3 Å². The molecule has 0 aliphatic carbocycles. The number of nitrogens with one attached hydrogen (secondary N) is 2. The number of anilines is 1. The Morgan fingerprint density at radius 3 is 2.55 bits per heavy atom. The molecule has 2 N–H and O–H groups in total. The lowest BCUT2D eigenvalue weighted by molar-refractivity contribution is 0.0524. The Bertz CT molecular complexity index is 1530. The Morgan fingerprint density at radius 1 is 1.03 bits per heavy atom. The van der Waals surface area contributed by atoms with Crippen molar-refractivity contribution in [1.29, 1.82) is 0 Å². The molecule has 168 valence electrons. The van der Waals surface area contributed by atoms with Gasteiger partial charge in [0, 0.05) is 52.0 Å². The van der Waals surface area contributed by atoms with E-state index in [0.29, 0.717) is 39.6 Å². The van der Waals surface area contributed by atoms with Crippen molar-refractivity contribution in [2.24, 2.45) is 0 Å². The molecule has 0 saturated heterocycles. The molecule has 8 nitrogen and oxygen atoms in total. The van der Waals surface area contributed by atoms with E-state index in [1.54, 1.807) is 48.7 Å². The number of benzene rings is 2. The minimum Gasteiger partial charge on any atom is -0.462 e. The highest BCUT2D eigenvalue weighted by Crippen LogP contribution is 2.20. The van der Waals surface area contributed by atoms with Crippen LogP contribution in [0.4, 0.5) is 5.69 Å². The number of fused-ring (bicyclic) bond motifs is 2. The SMILES string of the molecule is CCOC(=O)c1cn(CC)c2ccc(NC(=O)c3ccc4[nH]c(C)cc(=O)c4c3)cc2c1=O. The molecule has 0 fully saturated rings. The van der Waals surface area contributed by atoms with Gasteiger partial charge in [-0.1, -0.05) is 0 Å². The predicted octanol–water partition coefficient (Wildman–Crippen LogP) is 3.60. The fraction of sp³-hybridized carbons (Fsp3) is 0.200. The highest BCUT2D eigenvalue weighted by atomic mass is 16.5. The lowest BCUT2D eigenvalue weighted by Crippen LogP contribution is -2.21. The van der Waals surface area contributed by atoms with Crippen LogP contribution in [0.1, 0.15) is 40.3 Å². The molecule has 0 aliphatic rings. The van der Waals surface area contributed by atoms with Crippen molar-refractivity contribution < 1.29 is 14.3 Å². The summed E-state index contributed by atoms with van der Waals surface area (Å²) in [7, 11) is 0. The quantitative estimate of drug-likeness (QED) is 0.456. The van der Waals surface area contributed by atoms with Gasteiger partial charge >= 0.3 is 5.97 Å². The maximum atomic E-state index is 13.0. The number of nitrogens with zero attached hydrogens (tertiary/aromatic N) is 1. The maximum Gasteiger partial charge on any atom is 0.343 e. The molecule has 33 heavy (non-hydrogen) atoms. The van der Waals surface area contributed by atoms with Crippen molar-refractivity contribution >= 4 is 39.4 Å². The number of rotatable bonds is 5. The van der Waals surface area contributed by atoms with Crippen LogP contribution in [-0.2, 0) is 11.3 Å². The van der Waals surface area contributed by atoms with E-state index < -0.39 is 17.3 Å². The van der Waals surface area contributed by atoms with Crippen molar-refractivity contribution in [3.05, 3.63) is 85.9 Å². The Balaban J connectivity index is 1.73. The average molecular weight is 445 g/mol. The van der Waals surface area contributed by atoms with E-state index in [1.165, 1.54) is 18.3 Å². The van der Waals surface area contributed by atoms with E-state index in [4.69, 9.17) is 4.74 Å². The van der Waals surface area contributed by atoms with Gasteiger partial charge in [-0.05, 0) is 57.2 Å². The fourth-order valence-corrected chi connectivity index (χ4v) is 3.82. The first-order valence-corrected chi connectivity index (χ1v) is 10.6. The first kappa shape index (κ1) is 22.0. The molecule has 2 aromatic carbocycles. The molecule has 2 aromatic heterocycles. The monoisotopic (exact) mass is 445 g/mol. The molecule has 0 unspecified atom stereocenters. The van der Waals surface area contributed by atoms with E-state index in [1.807, 2.05) is 6.92 Å². The van der Waals surface area contributed by atoms with E-state index >= 15 is 0 Å². The summed E-state index contributed by atoms with van der Waals surface area (Å²) in [5.41, 5.74) is 2.04. The molecular formula is C25H23N3O5. The zero-order chi connectivity index (χ0) is 23.7. The minimum absolute atomic E-state index is 0.0567. The van der Waals surface area contributed by atoms with Crippen molar-refractivity contribution in [2.45, 2.75) is 27.3 Å². The van der Waals surface area contributed by atoms with E-state index in [0.717, 1.165) is 5.69 Å². The Labute approximate surface area is 188 Å². The lowest BCUT2D eigenvalue weighted by Gasteiger charge is -2.13. The molecule has 0 aliphatic heterocycles. The molecule has 0 saturated carbocycles. The van der Waals surface area contributed by atoms with Gasteiger partial charge in [-0.15, -0.1) is 0 Å². The third-order valence-electron chi connectivity index (χ3n) is 5.40. The van der Waals surface area contributed by atoms with Gasteiger partial charge in [-0.25, -0.2) is 4.79 Å². The number of carbonyl (C=O) groups excluding carboxylic acids is 2. The lowest BCUT2D eigenvalue weighted by atomic mass is 10.1. The zero-order valence-corrected chi connectivity index (χ0v) is 18.5. The number of H-pyrrole nitrogens is 1. The smallest absolute Gasteiger partial charge is 0.343 e. The Hall–Kier alpha value is -4.20. The summed E-state index contributed by atoms with van der Waals surface area (Å²) in [5.74, 6) is -1.11. The molecule has 8 heteroatoms. The highest BCUT2D eigenvalue weighted by Gasteiger charge is 2.17. The van der Waals surface area contributed by atoms with Gasteiger partial charge in [0.2, 0.25) is 5.43 Å². The van der Waals surface area contributed by atoms with Crippen LogP contribution in [0.2, 0.25) is 0 Å². The number of pyridine rings is 2. The fourth-order valence-electron chi connectivity index (χ4n) is 3.82. The van der Waals surface area contributed by atoms with E-state index in [9.17, 15) is 19.2 Å². The molecule has 2 heterocycles. The van der Waals surface area contributed by atoms with Crippen LogP contribution in [0.3, 0.4) is 0 Å². The van der Waals surface area contributed by atoms with Crippen LogP contribution >= 0.6 is 0 Å². The van der Waals surface area contributed by atoms with Gasteiger partial charge in [0.15, 0.2) is 5.43 Å². The van der Waals surface area contributed by atoms with Crippen LogP contribution in [0, 0.1) is 6.92 Å². The average Bonchev–Trinajstić information content (AvgIpc) is 2.79. The summed E-state index contributed by atoms with van der Waals surface area (Å²) >= 11 is 0. The van der Waals surface area contributed by atoms with Crippen LogP contribution in [-0.4, -0.2) is 28.0 Å². The van der Waals surface area contributed by atoms with Crippen molar-refractivity contribution in [3.63, 3.8) is 0 Å². The van der Waals surface area contributed by atoms with Crippen LogP contribution in [0.15, 0.2) is 58.3 Å². The molecule has 4 rings (SSSR count). The minimum atomic E-state index is -0.683. The van der Waals surface area contributed by atoms with Gasteiger partial charge in [0.25, 0.3) is 5.91 Å². The molecule has 0 atom stereocenters. The summed E-state index contributed by atoms with van der Waals surface area (Å²) < 4.78 is 6.80. The number of aromatic nitrogens is 2. The number of carbonyl (C=O) groups is 2. The second-order valence-electron chi connectivity index (χ2n) is 7.64. The number of aryl methyl sites for hydroxylation is 2. The summed E-state index contributed by atoms with van der Waals surface area (Å²) in [6.45, 7) is 6.07. The molecule has 0 radical (unpaired) electrons. The summed E-state index contributed by atoms with van der Waals surface area (Å²) in [6, 6.07) is 11.3. The van der Waals surface area contributed by atoms with Gasteiger partial charge in [-0.2, -0.15) is 0 Å². The standard InChI is InChI=1S/C25H23N3O5/c1-4-28-13-19(25(32)33-5-2)23(30)18-12-16(7-9-21(18)28)27-24(31)15-6-8-20-17(11-15)22(29)10-14(3)26-20/h6-13H,4-5H2,1-3H3,(H,26,29)(H,27,31).